The first-order valence-corrected chi connectivity index (χ1v) is 17.2. The lowest BCUT2D eigenvalue weighted by Crippen LogP contribution is -2.39. The number of nitrogens with zero attached hydrogens (tertiary/aromatic N) is 3. The molecule has 1 aliphatic rings. The summed E-state index contributed by atoms with van der Waals surface area (Å²) in [6.07, 6.45) is 2.23. The Morgan fingerprint density at radius 2 is 1.67 bits per heavy atom. The molecule has 5 rings (SSSR count). The molecule has 0 spiro atoms. The summed E-state index contributed by atoms with van der Waals surface area (Å²) in [6.45, 7) is 9.05. The highest BCUT2D eigenvalue weighted by molar-refractivity contribution is 7.89. The molecule has 1 fully saturated rings. The fraction of sp³-hybridized carbons (Fsp3) is 0.364. The van der Waals surface area contributed by atoms with Crippen LogP contribution in [0.4, 0.5) is 16.3 Å². The van der Waals surface area contributed by atoms with Gasteiger partial charge in [-0.05, 0) is 73.4 Å². The summed E-state index contributed by atoms with van der Waals surface area (Å²) in [7, 11) is -2.53. The number of nitrogens with one attached hydrogen (secondary N) is 2. The summed E-state index contributed by atoms with van der Waals surface area (Å²) < 4.78 is 34.4. The second-order valence-corrected chi connectivity index (χ2v) is 15.2. The SMILES string of the molecule is COC(=O)c1sccc1S(=O)(=O)N1CCC(Cc2ccc(NC(=O)Nc3cc(C(C)(C)C)nn3-c3ccc(C)cc3)cc2)CC1. The molecule has 12 heteroatoms. The van der Waals surface area contributed by atoms with E-state index in [-0.39, 0.29) is 21.2 Å². The van der Waals surface area contributed by atoms with E-state index in [0.29, 0.717) is 43.4 Å². The van der Waals surface area contributed by atoms with Gasteiger partial charge in [-0.25, -0.2) is 22.7 Å². The number of urea groups is 1. The molecule has 0 bridgehead atoms. The molecule has 4 aromatic rings. The lowest BCUT2D eigenvalue weighted by atomic mass is 9.91. The van der Waals surface area contributed by atoms with E-state index in [1.807, 2.05) is 61.5 Å². The lowest BCUT2D eigenvalue weighted by Gasteiger charge is -2.31. The van der Waals surface area contributed by atoms with Crippen LogP contribution in [0.3, 0.4) is 0 Å². The molecule has 0 aliphatic carbocycles. The maximum absolute atomic E-state index is 13.2. The van der Waals surface area contributed by atoms with E-state index < -0.39 is 16.0 Å². The maximum Gasteiger partial charge on any atom is 0.349 e. The molecular formula is C33H39N5O5S2. The molecule has 1 saturated heterocycles. The molecule has 2 aromatic carbocycles. The number of amides is 2. The largest absolute Gasteiger partial charge is 0.465 e. The molecule has 0 radical (unpaired) electrons. The van der Waals surface area contributed by atoms with Gasteiger partial charge in [-0.1, -0.05) is 50.6 Å². The van der Waals surface area contributed by atoms with Gasteiger partial charge in [0.1, 0.15) is 15.6 Å². The minimum absolute atomic E-state index is 0.0131. The van der Waals surface area contributed by atoms with Crippen molar-refractivity contribution in [3.8, 4) is 5.69 Å². The van der Waals surface area contributed by atoms with Crippen molar-refractivity contribution in [2.75, 3.05) is 30.8 Å². The first-order valence-electron chi connectivity index (χ1n) is 14.9. The van der Waals surface area contributed by atoms with E-state index in [4.69, 9.17) is 9.84 Å². The van der Waals surface area contributed by atoms with Crippen molar-refractivity contribution in [1.82, 2.24) is 14.1 Å². The number of thiophene rings is 1. The molecule has 10 nitrogen and oxygen atoms in total. The minimum atomic E-state index is -3.78. The third-order valence-corrected chi connectivity index (χ3v) is 10.9. The molecule has 2 N–H and O–H groups in total. The second kappa shape index (κ2) is 13.2. The zero-order valence-electron chi connectivity index (χ0n) is 26.2. The fourth-order valence-electron chi connectivity index (χ4n) is 5.29. The number of aromatic nitrogens is 2. The van der Waals surface area contributed by atoms with Gasteiger partial charge < -0.3 is 10.1 Å². The van der Waals surface area contributed by atoms with Crippen LogP contribution in [0.15, 0.2) is 70.9 Å². The van der Waals surface area contributed by atoms with E-state index in [9.17, 15) is 18.0 Å². The predicted molar refractivity (Wildman–Crippen MR) is 177 cm³/mol. The Morgan fingerprint density at radius 3 is 2.29 bits per heavy atom. The van der Waals surface area contributed by atoms with Gasteiger partial charge in [-0.15, -0.1) is 11.3 Å². The van der Waals surface area contributed by atoms with Gasteiger partial charge in [0.15, 0.2) is 0 Å². The van der Waals surface area contributed by atoms with Gasteiger partial charge in [0.2, 0.25) is 10.0 Å². The van der Waals surface area contributed by atoms with Crippen molar-refractivity contribution in [2.24, 2.45) is 5.92 Å². The van der Waals surface area contributed by atoms with Crippen LogP contribution in [0.2, 0.25) is 0 Å². The zero-order chi connectivity index (χ0) is 32.4. The van der Waals surface area contributed by atoms with Gasteiger partial charge in [0, 0.05) is 30.3 Å². The molecule has 45 heavy (non-hydrogen) atoms. The molecular weight excluding hydrogens is 611 g/mol. The number of esters is 1. The highest BCUT2D eigenvalue weighted by Crippen LogP contribution is 2.31. The molecule has 238 valence electrons. The van der Waals surface area contributed by atoms with Crippen molar-refractivity contribution < 1.29 is 22.7 Å². The number of benzene rings is 2. The van der Waals surface area contributed by atoms with Crippen LogP contribution >= 0.6 is 11.3 Å². The van der Waals surface area contributed by atoms with Crippen molar-refractivity contribution in [3.05, 3.63) is 87.7 Å². The van der Waals surface area contributed by atoms with Crippen molar-refractivity contribution in [2.45, 2.75) is 57.3 Å². The molecule has 0 unspecified atom stereocenters. The van der Waals surface area contributed by atoms with Gasteiger partial charge in [-0.2, -0.15) is 9.40 Å². The molecule has 2 aromatic heterocycles. The number of methoxy groups -OCH3 is 1. The average Bonchev–Trinajstić information content (AvgIpc) is 3.67. The number of rotatable bonds is 8. The third kappa shape index (κ3) is 7.46. The number of hydrogen-bond acceptors (Lipinski definition) is 7. The minimum Gasteiger partial charge on any atom is -0.465 e. The topological polar surface area (TPSA) is 123 Å². The number of ether oxygens (including phenoxy) is 1. The van der Waals surface area contributed by atoms with E-state index in [0.717, 1.165) is 40.3 Å². The Morgan fingerprint density at radius 1 is 1.00 bits per heavy atom. The van der Waals surface area contributed by atoms with E-state index >= 15 is 0 Å². The van der Waals surface area contributed by atoms with E-state index in [1.54, 1.807) is 10.1 Å². The highest BCUT2D eigenvalue weighted by atomic mass is 32.2. The first kappa shape index (κ1) is 32.4. The van der Waals surface area contributed by atoms with Crippen LogP contribution in [0, 0.1) is 12.8 Å². The van der Waals surface area contributed by atoms with Crippen LogP contribution in [0.25, 0.3) is 5.69 Å². The highest BCUT2D eigenvalue weighted by Gasteiger charge is 2.33. The van der Waals surface area contributed by atoms with E-state index in [1.165, 1.54) is 17.5 Å². The fourth-order valence-corrected chi connectivity index (χ4v) is 8.07. The van der Waals surface area contributed by atoms with Gasteiger partial charge in [-0.3, -0.25) is 5.32 Å². The second-order valence-electron chi connectivity index (χ2n) is 12.3. The average molecular weight is 650 g/mol. The summed E-state index contributed by atoms with van der Waals surface area (Å²) in [6, 6.07) is 18.7. The standard InChI is InChI=1S/C33H39N5O5S2/c1-22-6-12-26(13-7-22)38-29(21-28(36-38)33(2,3)4)35-32(40)34-25-10-8-23(9-11-25)20-24-14-17-37(18-15-24)45(41,42)27-16-19-44-30(27)31(39)43-5/h6-13,16,19,21,24H,14-15,17-18,20H2,1-5H3,(H2,34,35,40). The Hall–Kier alpha value is -4.00. The molecule has 3 heterocycles. The number of anilines is 2. The summed E-state index contributed by atoms with van der Waals surface area (Å²) in [5.74, 6) is 0.254. The third-order valence-electron chi connectivity index (χ3n) is 7.93. The number of aryl methyl sites for hydroxylation is 1. The summed E-state index contributed by atoms with van der Waals surface area (Å²) in [5.41, 5.74) is 4.44. The summed E-state index contributed by atoms with van der Waals surface area (Å²) in [5, 5.41) is 12.2. The van der Waals surface area contributed by atoms with Crippen molar-refractivity contribution >= 4 is 44.9 Å². The Balaban J connectivity index is 1.17. The quantitative estimate of drug-likeness (QED) is 0.207. The van der Waals surface area contributed by atoms with Gasteiger partial charge in [0.25, 0.3) is 0 Å². The molecule has 1 aliphatic heterocycles. The molecule has 0 atom stereocenters. The number of carbonyl (C=O) groups excluding carboxylic acids is 2. The van der Waals surface area contributed by atoms with E-state index in [2.05, 4.69) is 31.4 Å². The van der Waals surface area contributed by atoms with Crippen LogP contribution in [-0.2, 0) is 26.6 Å². The number of hydrogen-bond donors (Lipinski definition) is 2. The van der Waals surface area contributed by atoms with Gasteiger partial charge >= 0.3 is 12.0 Å². The summed E-state index contributed by atoms with van der Waals surface area (Å²) >= 11 is 1.07. The maximum atomic E-state index is 13.2. The lowest BCUT2D eigenvalue weighted by molar-refractivity contribution is 0.0602. The first-order chi connectivity index (χ1) is 21.3. The van der Waals surface area contributed by atoms with Crippen LogP contribution in [-0.4, -0.2) is 54.7 Å². The molecule has 0 saturated carbocycles. The number of piperidine rings is 1. The summed E-state index contributed by atoms with van der Waals surface area (Å²) in [4.78, 5) is 25.2. The number of carbonyl (C=O) groups is 2. The predicted octanol–water partition coefficient (Wildman–Crippen LogP) is 6.61. The zero-order valence-corrected chi connectivity index (χ0v) is 27.8. The number of sulfonamides is 1. The van der Waals surface area contributed by atoms with Gasteiger partial charge in [0.05, 0.1) is 18.5 Å². The molecule has 2 amide bonds. The van der Waals surface area contributed by atoms with Crippen molar-refractivity contribution in [3.63, 3.8) is 0 Å². The van der Waals surface area contributed by atoms with Crippen LogP contribution in [0.5, 0.6) is 0 Å². The van der Waals surface area contributed by atoms with Crippen LogP contribution < -0.4 is 10.6 Å². The Kier molecular flexibility index (Phi) is 9.47. The van der Waals surface area contributed by atoms with Crippen molar-refractivity contribution in [1.29, 1.82) is 0 Å². The smallest absolute Gasteiger partial charge is 0.349 e. The Bertz CT molecular complexity index is 1760. The normalized spacial score (nSPS) is 14.7. The Labute approximate surface area is 268 Å². The monoisotopic (exact) mass is 649 g/mol. The van der Waals surface area contributed by atoms with Crippen LogP contribution in [0.1, 0.15) is 60.1 Å².